The van der Waals surface area contributed by atoms with Gasteiger partial charge in [0.2, 0.25) is 5.91 Å². The van der Waals surface area contributed by atoms with Crippen LogP contribution in [-0.2, 0) is 25.5 Å². The molecule has 1 aliphatic rings. The Bertz CT molecular complexity index is 933. The number of aryl methyl sites for hydroxylation is 1. The molecule has 29 heavy (non-hydrogen) atoms. The summed E-state index contributed by atoms with van der Waals surface area (Å²) < 4.78 is 18.7. The molecule has 0 saturated carbocycles. The molecule has 2 aromatic carbocycles. The van der Waals surface area contributed by atoms with Crippen molar-refractivity contribution in [1.29, 1.82) is 0 Å². The van der Waals surface area contributed by atoms with Crippen LogP contribution >= 0.6 is 11.6 Å². The van der Waals surface area contributed by atoms with Crippen molar-refractivity contribution in [3.63, 3.8) is 0 Å². The van der Waals surface area contributed by atoms with Crippen LogP contribution in [0.15, 0.2) is 42.5 Å². The Kier molecular flexibility index (Phi) is 6.49. The number of carbonyl (C=O) groups excluding carboxylic acids is 3. The smallest absolute Gasteiger partial charge is 0.311 e. The molecule has 1 fully saturated rings. The molecule has 1 atom stereocenters. The molecule has 2 aromatic rings. The van der Waals surface area contributed by atoms with E-state index < -0.39 is 30.2 Å². The highest BCUT2D eigenvalue weighted by Gasteiger charge is 2.36. The monoisotopic (exact) mass is 418 g/mol. The van der Waals surface area contributed by atoms with E-state index in [1.807, 2.05) is 31.2 Å². The lowest BCUT2D eigenvalue weighted by molar-refractivity contribution is -0.151. The second-order valence-corrected chi connectivity index (χ2v) is 7.14. The molecule has 1 saturated heterocycles. The van der Waals surface area contributed by atoms with Gasteiger partial charge in [-0.3, -0.25) is 14.4 Å². The fraction of sp³-hybridized carbons (Fsp3) is 0.286. The summed E-state index contributed by atoms with van der Waals surface area (Å²) in [5, 5.41) is 2.51. The minimum atomic E-state index is -0.691. The van der Waals surface area contributed by atoms with Crippen molar-refractivity contribution in [3.8, 4) is 0 Å². The first-order valence-corrected chi connectivity index (χ1v) is 9.56. The number of halogens is 2. The molecule has 0 aromatic heterocycles. The number of carbonyl (C=O) groups is 3. The van der Waals surface area contributed by atoms with E-state index in [0.717, 1.165) is 23.7 Å². The van der Waals surface area contributed by atoms with Crippen molar-refractivity contribution in [3.05, 3.63) is 58.9 Å². The van der Waals surface area contributed by atoms with Gasteiger partial charge in [0.1, 0.15) is 5.82 Å². The van der Waals surface area contributed by atoms with Gasteiger partial charge in [0.05, 0.1) is 11.6 Å². The van der Waals surface area contributed by atoms with Gasteiger partial charge in [-0.15, -0.1) is 0 Å². The van der Waals surface area contributed by atoms with Gasteiger partial charge in [-0.05, 0) is 42.3 Å². The number of hydrogen-bond acceptors (Lipinski definition) is 4. The predicted molar refractivity (Wildman–Crippen MR) is 107 cm³/mol. The molecule has 2 amide bonds. The zero-order valence-electron chi connectivity index (χ0n) is 15.8. The third-order valence-corrected chi connectivity index (χ3v) is 4.90. The first-order valence-electron chi connectivity index (χ1n) is 9.18. The summed E-state index contributed by atoms with van der Waals surface area (Å²) in [6.45, 7) is 1.66. The number of nitrogens with one attached hydrogen (secondary N) is 1. The first-order chi connectivity index (χ1) is 13.9. The molecule has 6 nitrogen and oxygen atoms in total. The number of anilines is 2. The van der Waals surface area contributed by atoms with Gasteiger partial charge < -0.3 is 15.0 Å². The highest BCUT2D eigenvalue weighted by molar-refractivity contribution is 6.30. The van der Waals surface area contributed by atoms with Gasteiger partial charge in [-0.2, -0.15) is 0 Å². The van der Waals surface area contributed by atoms with Gasteiger partial charge in [0.25, 0.3) is 5.91 Å². The largest absolute Gasteiger partial charge is 0.455 e. The summed E-state index contributed by atoms with van der Waals surface area (Å²) in [5.41, 5.74) is 1.81. The first kappa shape index (κ1) is 20.8. The fourth-order valence-corrected chi connectivity index (χ4v) is 3.22. The minimum absolute atomic E-state index is 0.0157. The Morgan fingerprint density at radius 1 is 1.24 bits per heavy atom. The Morgan fingerprint density at radius 3 is 2.62 bits per heavy atom. The summed E-state index contributed by atoms with van der Waals surface area (Å²) in [7, 11) is 0. The number of hydrogen-bond donors (Lipinski definition) is 1. The molecular formula is C21H20ClFN2O4. The van der Waals surface area contributed by atoms with Crippen molar-refractivity contribution >= 4 is 40.8 Å². The zero-order chi connectivity index (χ0) is 21.0. The van der Waals surface area contributed by atoms with E-state index >= 15 is 0 Å². The lowest BCUT2D eigenvalue weighted by atomic mass is 10.1. The Labute approximate surface area is 172 Å². The molecule has 0 radical (unpaired) electrons. The van der Waals surface area contributed by atoms with Gasteiger partial charge >= 0.3 is 5.97 Å². The highest BCUT2D eigenvalue weighted by atomic mass is 35.5. The van der Waals surface area contributed by atoms with E-state index in [4.69, 9.17) is 16.3 Å². The van der Waals surface area contributed by atoms with Crippen molar-refractivity contribution < 1.29 is 23.5 Å². The van der Waals surface area contributed by atoms with E-state index in [0.29, 0.717) is 0 Å². The Morgan fingerprint density at radius 2 is 1.97 bits per heavy atom. The average Bonchev–Trinajstić information content (AvgIpc) is 3.10. The molecule has 3 rings (SSSR count). The quantitative estimate of drug-likeness (QED) is 0.727. The minimum Gasteiger partial charge on any atom is -0.455 e. The van der Waals surface area contributed by atoms with Crippen molar-refractivity contribution in [1.82, 2.24) is 0 Å². The van der Waals surface area contributed by atoms with E-state index in [-0.39, 0.29) is 29.6 Å². The summed E-state index contributed by atoms with van der Waals surface area (Å²) in [4.78, 5) is 38.0. The van der Waals surface area contributed by atoms with Gasteiger partial charge in [-0.1, -0.05) is 30.7 Å². The normalized spacial score (nSPS) is 16.0. The summed E-state index contributed by atoms with van der Waals surface area (Å²) in [5.74, 6) is -2.85. The predicted octanol–water partition coefficient (Wildman–Crippen LogP) is 3.58. The van der Waals surface area contributed by atoms with Crippen LogP contribution in [0.2, 0.25) is 5.02 Å². The molecule has 1 heterocycles. The maximum atomic E-state index is 13.7. The van der Waals surface area contributed by atoms with E-state index in [1.165, 1.54) is 17.0 Å². The number of ether oxygens (including phenoxy) is 1. The third-order valence-electron chi connectivity index (χ3n) is 4.67. The van der Waals surface area contributed by atoms with Crippen LogP contribution in [-0.4, -0.2) is 30.9 Å². The summed E-state index contributed by atoms with van der Waals surface area (Å²) in [6, 6.07) is 11.4. The summed E-state index contributed by atoms with van der Waals surface area (Å²) in [6.07, 6.45) is 0.910. The molecule has 0 aliphatic carbocycles. The molecule has 152 valence electrons. The van der Waals surface area contributed by atoms with Crippen LogP contribution in [0.1, 0.15) is 18.9 Å². The highest BCUT2D eigenvalue weighted by Crippen LogP contribution is 2.26. The van der Waals surface area contributed by atoms with Crippen LogP contribution < -0.4 is 10.2 Å². The second-order valence-electron chi connectivity index (χ2n) is 6.71. The molecule has 0 spiro atoms. The van der Waals surface area contributed by atoms with Crippen molar-refractivity contribution in [2.24, 2.45) is 5.92 Å². The Hall–Kier alpha value is -2.93. The SMILES string of the molecule is CCc1ccc(N2C[C@@H](C(=O)OCC(=O)Nc3ccc(Cl)cc3F)CC2=O)cc1. The molecule has 0 bridgehead atoms. The lowest BCUT2D eigenvalue weighted by Crippen LogP contribution is -2.28. The van der Waals surface area contributed by atoms with Gasteiger partial charge in [-0.25, -0.2) is 4.39 Å². The molecule has 8 heteroatoms. The molecule has 1 aliphatic heterocycles. The van der Waals surface area contributed by atoms with Gasteiger partial charge in [0, 0.05) is 23.7 Å². The van der Waals surface area contributed by atoms with Crippen LogP contribution in [0.25, 0.3) is 0 Å². The molecule has 1 N–H and O–H groups in total. The number of benzene rings is 2. The van der Waals surface area contributed by atoms with E-state index in [9.17, 15) is 18.8 Å². The Balaban J connectivity index is 1.52. The molecule has 0 unspecified atom stereocenters. The number of rotatable bonds is 6. The number of esters is 1. The van der Waals surface area contributed by atoms with Crippen LogP contribution in [0, 0.1) is 11.7 Å². The van der Waals surface area contributed by atoms with Crippen molar-refractivity contribution in [2.45, 2.75) is 19.8 Å². The number of nitrogens with zero attached hydrogens (tertiary/aromatic N) is 1. The van der Waals surface area contributed by atoms with Crippen LogP contribution in [0.5, 0.6) is 0 Å². The number of amides is 2. The second kappa shape index (κ2) is 9.05. The fourth-order valence-electron chi connectivity index (χ4n) is 3.06. The average molecular weight is 419 g/mol. The maximum Gasteiger partial charge on any atom is 0.311 e. The van der Waals surface area contributed by atoms with E-state index in [1.54, 1.807) is 0 Å². The summed E-state index contributed by atoms with van der Waals surface area (Å²) >= 11 is 5.66. The van der Waals surface area contributed by atoms with Crippen molar-refractivity contribution in [2.75, 3.05) is 23.4 Å². The van der Waals surface area contributed by atoms with Gasteiger partial charge in [0.15, 0.2) is 6.61 Å². The van der Waals surface area contributed by atoms with E-state index in [2.05, 4.69) is 5.32 Å². The maximum absolute atomic E-state index is 13.7. The zero-order valence-corrected chi connectivity index (χ0v) is 16.5. The topological polar surface area (TPSA) is 75.7 Å². The van der Waals surface area contributed by atoms with Crippen LogP contribution in [0.3, 0.4) is 0 Å². The van der Waals surface area contributed by atoms with Crippen LogP contribution in [0.4, 0.5) is 15.8 Å². The standard InChI is InChI=1S/C21H20ClFN2O4/c1-2-13-3-6-16(7-4-13)25-11-14(9-20(25)27)21(28)29-12-19(26)24-18-8-5-15(22)10-17(18)23/h3-8,10,14H,2,9,11-12H2,1H3,(H,24,26)/t14-/m0/s1. The lowest BCUT2D eigenvalue weighted by Gasteiger charge is -2.17. The third kappa shape index (κ3) is 5.12. The molecular weight excluding hydrogens is 399 g/mol.